The molecule has 0 spiro atoms. The molecule has 0 aromatic heterocycles. The molecule has 2 amide bonds. The number of piperidine rings is 1. The van der Waals surface area contributed by atoms with Gasteiger partial charge in [-0.25, -0.2) is 0 Å². The molecule has 1 saturated heterocycles. The first-order valence-corrected chi connectivity index (χ1v) is 21.3. The van der Waals surface area contributed by atoms with Crippen LogP contribution in [0.25, 0.3) is 0 Å². The van der Waals surface area contributed by atoms with Gasteiger partial charge in [-0.1, -0.05) is 146 Å². The van der Waals surface area contributed by atoms with Gasteiger partial charge in [-0.15, -0.1) is 0 Å². The lowest BCUT2D eigenvalue weighted by atomic mass is 9.89. The van der Waals surface area contributed by atoms with Crippen LogP contribution < -0.4 is 9.80 Å². The Morgan fingerprint density at radius 1 is 0.648 bits per heavy atom. The predicted molar refractivity (Wildman–Crippen MR) is 233 cm³/mol. The van der Waals surface area contributed by atoms with Crippen molar-refractivity contribution >= 4 is 39.1 Å². The van der Waals surface area contributed by atoms with Crippen LogP contribution in [0, 0.1) is 11.8 Å². The van der Waals surface area contributed by atoms with Gasteiger partial charge >= 0.3 is 0 Å². The highest BCUT2D eigenvalue weighted by Gasteiger charge is 2.26. The fraction of sp³-hybridized carbons (Fsp3) is 0.458. The quantitative estimate of drug-likeness (QED) is 0.134. The molecule has 0 N–H and O–H groups in total. The first-order valence-electron chi connectivity index (χ1n) is 20.4. The Morgan fingerprint density at radius 2 is 1.11 bits per heavy atom. The van der Waals surface area contributed by atoms with E-state index in [0.29, 0.717) is 29.1 Å². The number of alkyl halides is 1. The van der Waals surface area contributed by atoms with E-state index in [9.17, 15) is 9.59 Å². The third-order valence-corrected chi connectivity index (χ3v) is 11.0. The maximum atomic E-state index is 12.2. The van der Waals surface area contributed by atoms with Gasteiger partial charge in [0, 0.05) is 55.2 Å². The second-order valence-corrected chi connectivity index (χ2v) is 16.7. The molecule has 290 valence electrons. The van der Waals surface area contributed by atoms with Crippen molar-refractivity contribution in [3.8, 4) is 0 Å². The summed E-state index contributed by atoms with van der Waals surface area (Å²) >= 11 is 3.51. The molecular weight excluding hydrogens is 730 g/mol. The molecule has 1 saturated carbocycles. The van der Waals surface area contributed by atoms with Crippen molar-refractivity contribution in [1.29, 1.82) is 0 Å². The largest absolute Gasteiger partial charge is 0.312 e. The number of amides is 2. The van der Waals surface area contributed by atoms with Crippen molar-refractivity contribution in [3.63, 3.8) is 0 Å². The number of hydrogen-bond donors (Lipinski definition) is 0. The van der Waals surface area contributed by atoms with Crippen molar-refractivity contribution in [3.05, 3.63) is 132 Å². The van der Waals surface area contributed by atoms with Gasteiger partial charge in [-0.2, -0.15) is 0 Å². The summed E-state index contributed by atoms with van der Waals surface area (Å²) < 4.78 is 0. The van der Waals surface area contributed by atoms with Gasteiger partial charge in [0.2, 0.25) is 11.8 Å². The molecule has 1 aliphatic carbocycles. The number of carbonyl (C=O) groups excluding carboxylic acids is 2. The summed E-state index contributed by atoms with van der Waals surface area (Å²) in [5.41, 5.74) is 4.85. The Bertz CT molecular complexity index is 1600. The zero-order chi connectivity index (χ0) is 38.5. The molecule has 2 aliphatic rings. The molecule has 0 radical (unpaired) electrons. The van der Waals surface area contributed by atoms with E-state index in [1.165, 1.54) is 56.1 Å². The summed E-state index contributed by atoms with van der Waals surface area (Å²) in [6.45, 7) is 12.1. The van der Waals surface area contributed by atoms with Gasteiger partial charge in [-0.05, 0) is 99.2 Å². The molecule has 6 heteroatoms. The minimum atomic E-state index is 0.130. The lowest BCUT2D eigenvalue weighted by Gasteiger charge is -2.38. The third kappa shape index (κ3) is 15.2. The summed E-state index contributed by atoms with van der Waals surface area (Å²) in [5.74, 6) is 1.60. The van der Waals surface area contributed by atoms with Crippen LogP contribution in [-0.4, -0.2) is 53.8 Å². The van der Waals surface area contributed by atoms with E-state index in [1.807, 2.05) is 83.5 Å². The maximum absolute atomic E-state index is 12.2. The van der Waals surface area contributed by atoms with Crippen LogP contribution in [0.15, 0.2) is 121 Å². The van der Waals surface area contributed by atoms with Crippen molar-refractivity contribution < 1.29 is 9.59 Å². The minimum Gasteiger partial charge on any atom is -0.312 e. The number of anilines is 2. The summed E-state index contributed by atoms with van der Waals surface area (Å²) in [7, 11) is 0. The van der Waals surface area contributed by atoms with E-state index in [-0.39, 0.29) is 11.8 Å². The van der Waals surface area contributed by atoms with Gasteiger partial charge in [-0.3, -0.25) is 14.5 Å². The molecule has 3 atom stereocenters. The molecule has 2 unspecified atom stereocenters. The predicted octanol–water partition coefficient (Wildman–Crippen LogP) is 11.4. The number of carbonyl (C=O) groups is 2. The summed E-state index contributed by atoms with van der Waals surface area (Å²) in [6.07, 6.45) is 11.8. The van der Waals surface area contributed by atoms with Crippen LogP contribution in [-0.2, 0) is 22.4 Å². The Kier molecular flexibility index (Phi) is 19.0. The average Bonchev–Trinajstić information content (AvgIpc) is 3.21. The fourth-order valence-electron chi connectivity index (χ4n) is 7.73. The van der Waals surface area contributed by atoms with Crippen LogP contribution in [0.3, 0.4) is 0 Å². The highest BCUT2D eigenvalue weighted by Crippen LogP contribution is 2.27. The first-order chi connectivity index (χ1) is 26.2. The normalized spacial score (nSPS) is 17.1. The molecule has 4 aromatic rings. The molecule has 5 nitrogen and oxygen atoms in total. The van der Waals surface area contributed by atoms with Crippen LogP contribution in [0.2, 0.25) is 0 Å². The lowest BCUT2D eigenvalue weighted by Crippen LogP contribution is -2.46. The van der Waals surface area contributed by atoms with Crippen molar-refractivity contribution in [2.75, 3.05) is 36.0 Å². The van der Waals surface area contributed by atoms with E-state index in [0.717, 1.165) is 50.4 Å². The minimum absolute atomic E-state index is 0.130. The molecule has 0 bridgehead atoms. The number of rotatable bonds is 12. The number of halogens is 1. The van der Waals surface area contributed by atoms with Crippen LogP contribution in [0.5, 0.6) is 0 Å². The number of nitrogens with zero attached hydrogens (tertiary/aromatic N) is 3. The highest BCUT2D eigenvalue weighted by atomic mass is 79.9. The maximum Gasteiger partial charge on any atom is 0.226 e. The smallest absolute Gasteiger partial charge is 0.226 e. The molecule has 2 fully saturated rings. The summed E-state index contributed by atoms with van der Waals surface area (Å²) in [4.78, 5) is 31.4. The molecule has 4 aromatic carbocycles. The van der Waals surface area contributed by atoms with Gasteiger partial charge in [0.15, 0.2) is 0 Å². The fourth-order valence-corrected chi connectivity index (χ4v) is 8.10. The molecule has 1 aliphatic heterocycles. The van der Waals surface area contributed by atoms with Crippen LogP contribution >= 0.6 is 15.9 Å². The zero-order valence-electron chi connectivity index (χ0n) is 33.3. The summed E-state index contributed by atoms with van der Waals surface area (Å²) in [5, 5.41) is 0. The standard InChI is InChI=1S/C23H30N2O.C16H23NO.C9H11Br/c1-19(16-21-10-5-3-6-11-21)24-15-9-12-22(17-24)18-25(20(2)26)23-13-7-4-8-14-23;1-2-16(18)17(15-11-7-4-8-12-15)13-14-9-5-3-6-10-14;1-8(10)7-9-5-3-2-4-6-9/h3-8,10-11,13-14,19,22H,9,12,15-18H2,1-2H3;4,7-8,11-12,14H,2-3,5-6,9-10,13H2,1H3;2-6,8H,7H2,1H3/t19?,22-;;/m1../s1. The topological polar surface area (TPSA) is 43.9 Å². The number of para-hydroxylation sites is 2. The van der Waals surface area contributed by atoms with E-state index < -0.39 is 0 Å². The van der Waals surface area contributed by atoms with Crippen molar-refractivity contribution in [2.24, 2.45) is 11.8 Å². The van der Waals surface area contributed by atoms with E-state index in [4.69, 9.17) is 0 Å². The van der Waals surface area contributed by atoms with Gasteiger partial charge in [0.25, 0.3) is 0 Å². The Hall–Kier alpha value is -3.74. The molecule has 1 heterocycles. The number of hydrogen-bond acceptors (Lipinski definition) is 3. The molecular formula is C48H64BrN3O2. The lowest BCUT2D eigenvalue weighted by molar-refractivity contribution is -0.118. The third-order valence-electron chi connectivity index (χ3n) is 10.6. The Balaban J connectivity index is 0.000000200. The van der Waals surface area contributed by atoms with Crippen molar-refractivity contribution in [2.45, 2.75) is 103 Å². The van der Waals surface area contributed by atoms with E-state index >= 15 is 0 Å². The van der Waals surface area contributed by atoms with Gasteiger partial charge in [0.05, 0.1) is 0 Å². The Morgan fingerprint density at radius 3 is 1.61 bits per heavy atom. The van der Waals surface area contributed by atoms with E-state index in [1.54, 1.807) is 6.92 Å². The van der Waals surface area contributed by atoms with E-state index in [2.05, 4.69) is 89.3 Å². The number of likely N-dealkylation sites (tertiary alicyclic amines) is 1. The monoisotopic (exact) mass is 793 g/mol. The molecule has 54 heavy (non-hydrogen) atoms. The van der Waals surface area contributed by atoms with Gasteiger partial charge in [0.1, 0.15) is 0 Å². The van der Waals surface area contributed by atoms with Crippen molar-refractivity contribution in [1.82, 2.24) is 4.90 Å². The average molecular weight is 795 g/mol. The summed E-state index contributed by atoms with van der Waals surface area (Å²) in [6, 6.07) is 41.9. The first kappa shape index (κ1) is 43.0. The Labute approximate surface area is 335 Å². The highest BCUT2D eigenvalue weighted by molar-refractivity contribution is 9.09. The van der Waals surface area contributed by atoms with Gasteiger partial charge < -0.3 is 9.80 Å². The second-order valence-electron chi connectivity index (χ2n) is 15.2. The molecule has 6 rings (SSSR count). The van der Waals surface area contributed by atoms with Crippen LogP contribution in [0.1, 0.15) is 90.2 Å². The zero-order valence-corrected chi connectivity index (χ0v) is 34.9. The SMILES string of the molecule is CC(=O)N(C[C@@H]1CCCN(C(C)Cc2ccccc2)C1)c1ccccc1.CC(Br)Cc1ccccc1.CCC(=O)N(CC1CCCCC1)c1ccccc1. The second kappa shape index (κ2) is 23.9. The number of benzene rings is 4. The van der Waals surface area contributed by atoms with Crippen LogP contribution in [0.4, 0.5) is 11.4 Å².